The van der Waals surface area contributed by atoms with E-state index in [1.54, 1.807) is 0 Å². The van der Waals surface area contributed by atoms with Crippen molar-refractivity contribution in [3.63, 3.8) is 0 Å². The number of nitrogens with one attached hydrogen (secondary N) is 1. The van der Waals surface area contributed by atoms with Crippen LogP contribution in [0, 0.1) is 15.5 Å². The molecule has 0 radical (unpaired) electrons. The van der Waals surface area contributed by atoms with Crippen molar-refractivity contribution in [1.82, 2.24) is 0 Å². The average molecular weight is 278 g/mol. The van der Waals surface area contributed by atoms with Crippen LogP contribution in [-0.4, -0.2) is 15.9 Å². The zero-order valence-corrected chi connectivity index (χ0v) is 11.4. The highest BCUT2D eigenvalue weighted by Crippen LogP contribution is 2.38. The van der Waals surface area contributed by atoms with Gasteiger partial charge >= 0.3 is 0 Å². The number of anilines is 1. The molecule has 1 fully saturated rings. The summed E-state index contributed by atoms with van der Waals surface area (Å²) in [6.07, 6.45) is 4.74. The van der Waals surface area contributed by atoms with Crippen molar-refractivity contribution in [3.05, 3.63) is 28.3 Å². The highest BCUT2D eigenvalue weighted by Gasteiger charge is 2.34. The molecule has 2 rings (SSSR count). The van der Waals surface area contributed by atoms with Crippen LogP contribution >= 0.6 is 0 Å². The Balaban J connectivity index is 2.18. The van der Waals surface area contributed by atoms with Gasteiger partial charge in [-0.25, -0.2) is 0 Å². The summed E-state index contributed by atoms with van der Waals surface area (Å²) in [6, 6.07) is 3.60. The number of aromatic hydroxyl groups is 1. The number of phenolic OH excluding ortho intramolecular Hbond substituents is 1. The van der Waals surface area contributed by atoms with Crippen LogP contribution in [-0.2, 0) is 4.79 Å². The molecule has 1 amide bonds. The zero-order valence-electron chi connectivity index (χ0n) is 11.4. The van der Waals surface area contributed by atoms with E-state index in [1.807, 2.05) is 6.92 Å². The van der Waals surface area contributed by atoms with Crippen LogP contribution in [0.25, 0.3) is 0 Å². The number of hydrogen-bond donors (Lipinski definition) is 2. The number of amides is 1. The van der Waals surface area contributed by atoms with Gasteiger partial charge in [0.2, 0.25) is 5.91 Å². The van der Waals surface area contributed by atoms with Crippen molar-refractivity contribution in [2.75, 3.05) is 5.32 Å². The molecule has 2 N–H and O–H groups in total. The Bertz CT molecular complexity index is 536. The van der Waals surface area contributed by atoms with E-state index in [1.165, 1.54) is 18.2 Å². The van der Waals surface area contributed by atoms with Crippen molar-refractivity contribution >= 4 is 17.3 Å². The molecule has 0 spiro atoms. The van der Waals surface area contributed by atoms with Gasteiger partial charge in [0.1, 0.15) is 5.75 Å². The van der Waals surface area contributed by atoms with Gasteiger partial charge in [0.25, 0.3) is 5.69 Å². The number of nitrogens with zero attached hydrogens (tertiary/aromatic N) is 1. The van der Waals surface area contributed by atoms with Crippen LogP contribution in [0.5, 0.6) is 5.75 Å². The molecule has 6 nitrogen and oxygen atoms in total. The van der Waals surface area contributed by atoms with E-state index in [0.29, 0.717) is 0 Å². The molecule has 1 aromatic rings. The van der Waals surface area contributed by atoms with E-state index >= 15 is 0 Å². The Labute approximate surface area is 117 Å². The smallest absolute Gasteiger partial charge is 0.271 e. The molecule has 1 saturated carbocycles. The van der Waals surface area contributed by atoms with E-state index in [2.05, 4.69) is 5.32 Å². The maximum atomic E-state index is 12.3. The van der Waals surface area contributed by atoms with E-state index in [4.69, 9.17) is 0 Å². The largest absolute Gasteiger partial charge is 0.506 e. The van der Waals surface area contributed by atoms with E-state index < -0.39 is 10.3 Å². The van der Waals surface area contributed by atoms with E-state index in [0.717, 1.165) is 32.1 Å². The van der Waals surface area contributed by atoms with Crippen LogP contribution < -0.4 is 5.32 Å². The van der Waals surface area contributed by atoms with Gasteiger partial charge in [0.15, 0.2) is 0 Å². The molecule has 0 aromatic heterocycles. The molecule has 0 atom stereocenters. The molecule has 0 unspecified atom stereocenters. The second-order valence-corrected chi connectivity index (χ2v) is 5.53. The first-order chi connectivity index (χ1) is 9.42. The molecular weight excluding hydrogens is 260 g/mol. The highest BCUT2D eigenvalue weighted by atomic mass is 16.6. The van der Waals surface area contributed by atoms with Gasteiger partial charge in [-0.1, -0.05) is 26.2 Å². The van der Waals surface area contributed by atoms with Crippen LogP contribution in [0.2, 0.25) is 0 Å². The second-order valence-electron chi connectivity index (χ2n) is 5.53. The average Bonchev–Trinajstić information content (AvgIpc) is 2.41. The number of benzene rings is 1. The van der Waals surface area contributed by atoms with Crippen LogP contribution in [0.15, 0.2) is 18.2 Å². The molecule has 0 bridgehead atoms. The number of nitro groups is 1. The van der Waals surface area contributed by atoms with Crippen molar-refractivity contribution in [2.24, 2.45) is 5.41 Å². The molecule has 108 valence electrons. The van der Waals surface area contributed by atoms with Crippen LogP contribution in [0.4, 0.5) is 11.4 Å². The first-order valence-electron chi connectivity index (χ1n) is 6.71. The molecule has 1 aromatic carbocycles. The van der Waals surface area contributed by atoms with E-state index in [-0.39, 0.29) is 23.0 Å². The number of non-ortho nitro benzene ring substituents is 1. The monoisotopic (exact) mass is 278 g/mol. The first-order valence-corrected chi connectivity index (χ1v) is 6.71. The number of hydrogen-bond acceptors (Lipinski definition) is 4. The van der Waals surface area contributed by atoms with Crippen LogP contribution in [0.1, 0.15) is 39.0 Å². The van der Waals surface area contributed by atoms with Gasteiger partial charge < -0.3 is 10.4 Å². The summed E-state index contributed by atoms with van der Waals surface area (Å²) < 4.78 is 0. The van der Waals surface area contributed by atoms with Crippen molar-refractivity contribution in [2.45, 2.75) is 39.0 Å². The highest BCUT2D eigenvalue weighted by molar-refractivity contribution is 5.96. The molecule has 0 aliphatic heterocycles. The first kappa shape index (κ1) is 14.3. The number of phenols is 1. The number of carbonyl (C=O) groups excluding carboxylic acids is 1. The summed E-state index contributed by atoms with van der Waals surface area (Å²) in [4.78, 5) is 22.5. The topological polar surface area (TPSA) is 92.5 Å². The molecule has 20 heavy (non-hydrogen) atoms. The fourth-order valence-corrected chi connectivity index (χ4v) is 2.57. The molecule has 1 aliphatic rings. The van der Waals surface area contributed by atoms with Gasteiger partial charge in [-0.2, -0.15) is 0 Å². The molecule has 0 heterocycles. The zero-order chi connectivity index (χ0) is 14.8. The minimum Gasteiger partial charge on any atom is -0.506 e. The molecule has 6 heteroatoms. The third-order valence-electron chi connectivity index (χ3n) is 3.94. The van der Waals surface area contributed by atoms with Crippen LogP contribution in [0.3, 0.4) is 0 Å². The van der Waals surface area contributed by atoms with Gasteiger partial charge in [0.05, 0.1) is 10.6 Å². The fraction of sp³-hybridized carbons (Fsp3) is 0.500. The Kier molecular flexibility index (Phi) is 3.92. The summed E-state index contributed by atoms with van der Waals surface area (Å²) in [6.45, 7) is 1.90. The third kappa shape index (κ3) is 2.89. The minimum absolute atomic E-state index is 0.0935. The lowest BCUT2D eigenvalue weighted by Gasteiger charge is -2.32. The lowest BCUT2D eigenvalue weighted by molar-refractivity contribution is -0.384. The van der Waals surface area contributed by atoms with Crippen molar-refractivity contribution in [3.8, 4) is 5.75 Å². The van der Waals surface area contributed by atoms with Crippen molar-refractivity contribution < 1.29 is 14.8 Å². The van der Waals surface area contributed by atoms with Gasteiger partial charge in [0, 0.05) is 17.5 Å². The van der Waals surface area contributed by atoms with E-state index in [9.17, 15) is 20.0 Å². The van der Waals surface area contributed by atoms with Gasteiger partial charge in [-0.15, -0.1) is 0 Å². The fourth-order valence-electron chi connectivity index (χ4n) is 2.57. The summed E-state index contributed by atoms with van der Waals surface area (Å²) in [5, 5.41) is 23.1. The lowest BCUT2D eigenvalue weighted by Crippen LogP contribution is -2.35. The van der Waals surface area contributed by atoms with Gasteiger partial charge in [-0.3, -0.25) is 14.9 Å². The molecular formula is C14H18N2O4. The van der Waals surface area contributed by atoms with Crippen molar-refractivity contribution in [1.29, 1.82) is 0 Å². The SMILES string of the molecule is CC1(C(=O)Nc2cc([N+](=O)[O-])ccc2O)CCCCC1. The Hall–Kier alpha value is -2.11. The number of rotatable bonds is 3. The number of nitro benzene ring substituents is 1. The third-order valence-corrected chi connectivity index (χ3v) is 3.94. The lowest BCUT2D eigenvalue weighted by atomic mass is 9.75. The summed E-state index contributed by atoms with van der Waals surface area (Å²) in [5.41, 5.74) is -0.530. The van der Waals surface area contributed by atoms with Gasteiger partial charge in [-0.05, 0) is 18.9 Å². The predicted molar refractivity (Wildman–Crippen MR) is 74.6 cm³/mol. The Morgan fingerprint density at radius 3 is 2.60 bits per heavy atom. The predicted octanol–water partition coefficient (Wildman–Crippen LogP) is 3.21. The molecule has 1 aliphatic carbocycles. The Morgan fingerprint density at radius 1 is 1.35 bits per heavy atom. The summed E-state index contributed by atoms with van der Waals surface area (Å²) >= 11 is 0. The Morgan fingerprint density at radius 2 is 2.00 bits per heavy atom. The summed E-state index contributed by atoms with van der Waals surface area (Å²) in [7, 11) is 0. The second kappa shape index (κ2) is 5.48. The maximum absolute atomic E-state index is 12.3. The quantitative estimate of drug-likeness (QED) is 0.504. The summed E-state index contributed by atoms with van der Waals surface area (Å²) in [5.74, 6) is -0.351. The molecule has 0 saturated heterocycles. The maximum Gasteiger partial charge on any atom is 0.271 e. The normalized spacial score (nSPS) is 17.4. The number of carbonyl (C=O) groups is 1. The minimum atomic E-state index is -0.558. The standard InChI is InChI=1S/C14H18N2O4/c1-14(7-3-2-4-8-14)13(18)15-11-9-10(16(19)20)5-6-12(11)17/h5-6,9,17H,2-4,7-8H2,1H3,(H,15,18).